The highest BCUT2D eigenvalue weighted by molar-refractivity contribution is 7.98. The summed E-state index contributed by atoms with van der Waals surface area (Å²) >= 11 is 1.41. The predicted octanol–water partition coefficient (Wildman–Crippen LogP) is 3.12. The quantitative estimate of drug-likeness (QED) is 0.358. The number of pyridine rings is 2. The normalized spacial score (nSPS) is 10.3. The number of amides is 1. The number of carbonyl (C=O) groups excluding carboxylic acids is 3. The Bertz CT molecular complexity index is 1090. The summed E-state index contributed by atoms with van der Waals surface area (Å²) in [4.78, 5) is 44.6. The number of hydrogen-bond acceptors (Lipinski definition) is 7. The van der Waals surface area contributed by atoms with Gasteiger partial charge in [-0.2, -0.15) is 0 Å². The van der Waals surface area contributed by atoms with Gasteiger partial charge in [0.1, 0.15) is 10.7 Å². The molecule has 0 atom stereocenters. The van der Waals surface area contributed by atoms with Crippen LogP contribution in [-0.4, -0.2) is 42.5 Å². The third kappa shape index (κ3) is 5.33. The van der Waals surface area contributed by atoms with Crippen molar-refractivity contribution in [2.24, 2.45) is 0 Å². The number of thioether (sulfide) groups is 1. The minimum Gasteiger partial charge on any atom is -0.465 e. The summed E-state index contributed by atoms with van der Waals surface area (Å²) in [6, 6.07) is 11.2. The van der Waals surface area contributed by atoms with Crippen LogP contribution >= 0.6 is 11.8 Å². The molecule has 1 N–H and O–H groups in total. The molecule has 0 spiro atoms. The van der Waals surface area contributed by atoms with E-state index in [1.54, 1.807) is 30.7 Å². The molecule has 0 saturated heterocycles. The molecule has 2 radical (unpaired) electrons. The van der Waals surface area contributed by atoms with Crippen LogP contribution in [0, 0.1) is 0 Å². The highest BCUT2D eigenvalue weighted by Crippen LogP contribution is 2.25. The van der Waals surface area contributed by atoms with E-state index in [1.165, 1.54) is 37.1 Å². The van der Waals surface area contributed by atoms with Gasteiger partial charge in [0.25, 0.3) is 5.91 Å². The van der Waals surface area contributed by atoms with Crippen LogP contribution in [0.1, 0.15) is 36.6 Å². The summed E-state index contributed by atoms with van der Waals surface area (Å²) < 4.78 is 4.69. The second kappa shape index (κ2) is 9.84. The fourth-order valence-corrected chi connectivity index (χ4v) is 3.53. The van der Waals surface area contributed by atoms with Crippen LogP contribution in [0.2, 0.25) is 0 Å². The first-order valence-corrected chi connectivity index (χ1v) is 9.77. The highest BCUT2D eigenvalue weighted by atomic mass is 32.2. The summed E-state index contributed by atoms with van der Waals surface area (Å²) in [6.45, 7) is 0. The first-order chi connectivity index (χ1) is 14.5. The number of nitrogens with zero attached hydrogens (tertiary/aromatic N) is 2. The van der Waals surface area contributed by atoms with Gasteiger partial charge in [-0.3, -0.25) is 9.78 Å². The fraction of sp³-hybridized carbons (Fsp3) is 0.0952. The first-order valence-electron chi connectivity index (χ1n) is 8.79. The van der Waals surface area contributed by atoms with Gasteiger partial charge in [-0.15, -0.1) is 11.8 Å². The lowest BCUT2D eigenvalue weighted by Gasteiger charge is -2.11. The standard InChI is InChI=1S/C21H16BN3O4S/c1-29-21(28)15-9-14(18(22)26)10-16(11-15)25-19(27)17-3-2-6-24-20(17)30-12-13-4-7-23-8-5-13/h2-11H,12H2,1H3,(H,25,27). The lowest BCUT2D eigenvalue weighted by molar-refractivity contribution is 0.0600. The number of methoxy groups -OCH3 is 1. The zero-order valence-corrected chi connectivity index (χ0v) is 16.8. The number of esters is 1. The molecule has 0 aliphatic carbocycles. The maximum atomic E-state index is 12.9. The minimum absolute atomic E-state index is 0.0756. The van der Waals surface area contributed by atoms with Crippen molar-refractivity contribution in [3.63, 3.8) is 0 Å². The fourth-order valence-electron chi connectivity index (χ4n) is 2.59. The molecule has 1 amide bonds. The lowest BCUT2D eigenvalue weighted by Crippen LogP contribution is -2.15. The molecule has 0 aliphatic heterocycles. The Balaban J connectivity index is 1.83. The molecule has 0 aliphatic rings. The van der Waals surface area contributed by atoms with Crippen molar-refractivity contribution < 1.29 is 19.1 Å². The van der Waals surface area contributed by atoms with Gasteiger partial charge in [-0.1, -0.05) is 0 Å². The molecule has 2 aromatic heterocycles. The molecule has 9 heteroatoms. The molecular formula is C21H16BN3O4S. The second-order valence-corrected chi connectivity index (χ2v) is 7.07. The Labute approximate surface area is 178 Å². The van der Waals surface area contributed by atoms with E-state index in [0.717, 1.165) is 5.56 Å². The maximum Gasteiger partial charge on any atom is 0.337 e. The summed E-state index contributed by atoms with van der Waals surface area (Å²) in [6.07, 6.45) is 5.01. The van der Waals surface area contributed by atoms with Crippen LogP contribution in [0.5, 0.6) is 0 Å². The zero-order chi connectivity index (χ0) is 21.5. The third-order valence-corrected chi connectivity index (χ3v) is 5.11. The van der Waals surface area contributed by atoms with E-state index >= 15 is 0 Å². The molecule has 2 heterocycles. The molecule has 0 fully saturated rings. The highest BCUT2D eigenvalue weighted by Gasteiger charge is 2.16. The van der Waals surface area contributed by atoms with Crippen LogP contribution in [-0.2, 0) is 10.5 Å². The molecule has 0 bridgehead atoms. The maximum absolute atomic E-state index is 12.9. The van der Waals surface area contributed by atoms with Crippen molar-refractivity contribution in [3.05, 3.63) is 83.3 Å². The number of nitrogens with one attached hydrogen (secondary N) is 1. The van der Waals surface area contributed by atoms with E-state index in [1.807, 2.05) is 12.1 Å². The van der Waals surface area contributed by atoms with Crippen LogP contribution in [0.4, 0.5) is 5.69 Å². The minimum atomic E-state index is -0.730. The Morgan fingerprint density at radius 1 is 1.07 bits per heavy atom. The zero-order valence-electron chi connectivity index (χ0n) is 16.0. The molecule has 1 aromatic carbocycles. The van der Waals surface area contributed by atoms with Gasteiger partial charge >= 0.3 is 5.97 Å². The van der Waals surface area contributed by atoms with Gasteiger partial charge in [0.05, 0.1) is 18.2 Å². The van der Waals surface area contributed by atoms with E-state index < -0.39 is 17.6 Å². The predicted molar refractivity (Wildman–Crippen MR) is 114 cm³/mol. The molecule has 3 rings (SSSR count). The number of benzene rings is 1. The molecule has 3 aromatic rings. The summed E-state index contributed by atoms with van der Waals surface area (Å²) in [5.74, 6) is -0.468. The molecule has 7 nitrogen and oxygen atoms in total. The van der Waals surface area contributed by atoms with Gasteiger partial charge < -0.3 is 14.8 Å². The van der Waals surface area contributed by atoms with Crippen molar-refractivity contribution >= 4 is 42.9 Å². The van der Waals surface area contributed by atoms with Crippen molar-refractivity contribution in [1.82, 2.24) is 9.97 Å². The molecule has 0 unspecified atom stereocenters. The lowest BCUT2D eigenvalue weighted by atomic mass is 9.93. The summed E-state index contributed by atoms with van der Waals surface area (Å²) in [5.41, 5.74) is 1.09. The van der Waals surface area contributed by atoms with E-state index in [0.29, 0.717) is 16.3 Å². The third-order valence-electron chi connectivity index (χ3n) is 4.04. The average Bonchev–Trinajstić information content (AvgIpc) is 2.77. The van der Waals surface area contributed by atoms with E-state index in [-0.39, 0.29) is 16.8 Å². The Kier molecular flexibility index (Phi) is 6.97. The number of hydrogen-bond donors (Lipinski definition) is 1. The van der Waals surface area contributed by atoms with Gasteiger partial charge in [0.2, 0.25) is 0 Å². The van der Waals surface area contributed by atoms with Gasteiger partial charge in [0.15, 0.2) is 7.85 Å². The van der Waals surface area contributed by atoms with Crippen LogP contribution in [0.3, 0.4) is 0 Å². The number of rotatable bonds is 7. The topological polar surface area (TPSA) is 98.3 Å². The molecule has 0 saturated carbocycles. The van der Waals surface area contributed by atoms with Crippen molar-refractivity contribution in [1.29, 1.82) is 0 Å². The number of aromatic nitrogens is 2. The van der Waals surface area contributed by atoms with Gasteiger partial charge in [-0.25, -0.2) is 9.78 Å². The van der Waals surface area contributed by atoms with Gasteiger partial charge in [-0.05, 0) is 48.0 Å². The van der Waals surface area contributed by atoms with Gasteiger partial charge in [0, 0.05) is 35.6 Å². The van der Waals surface area contributed by atoms with E-state index in [4.69, 9.17) is 7.85 Å². The molecule has 148 valence electrons. The van der Waals surface area contributed by atoms with Crippen LogP contribution in [0.15, 0.2) is 66.1 Å². The van der Waals surface area contributed by atoms with Crippen LogP contribution in [0.25, 0.3) is 0 Å². The molecular weight excluding hydrogens is 401 g/mol. The monoisotopic (exact) mass is 417 g/mol. The second-order valence-electron chi connectivity index (χ2n) is 6.11. The number of ether oxygens (including phenoxy) is 1. The Hall–Kier alpha value is -3.46. The first kappa shape index (κ1) is 21.3. The van der Waals surface area contributed by atoms with E-state index in [9.17, 15) is 14.4 Å². The van der Waals surface area contributed by atoms with Crippen LogP contribution < -0.4 is 5.32 Å². The number of anilines is 1. The SMILES string of the molecule is [B]C(=O)c1cc(NC(=O)c2cccnc2SCc2ccncc2)cc(C(=O)OC)c1. The molecule has 30 heavy (non-hydrogen) atoms. The summed E-state index contributed by atoms with van der Waals surface area (Å²) in [5, 5.41) is 3.24. The smallest absolute Gasteiger partial charge is 0.337 e. The Morgan fingerprint density at radius 3 is 2.50 bits per heavy atom. The van der Waals surface area contributed by atoms with Crippen molar-refractivity contribution in [2.45, 2.75) is 10.8 Å². The average molecular weight is 417 g/mol. The largest absolute Gasteiger partial charge is 0.465 e. The summed E-state index contributed by atoms with van der Waals surface area (Å²) in [7, 11) is 6.55. The van der Waals surface area contributed by atoms with E-state index in [2.05, 4.69) is 20.0 Å². The number of carbonyl (C=O) groups is 3. The van der Waals surface area contributed by atoms with Crippen molar-refractivity contribution in [2.75, 3.05) is 12.4 Å². The Morgan fingerprint density at radius 2 is 1.80 bits per heavy atom. The van der Waals surface area contributed by atoms with Crippen molar-refractivity contribution in [3.8, 4) is 0 Å².